The summed E-state index contributed by atoms with van der Waals surface area (Å²) in [6.45, 7) is 4.46. The van der Waals surface area contributed by atoms with Crippen molar-refractivity contribution < 1.29 is 14.6 Å². The van der Waals surface area contributed by atoms with Gasteiger partial charge in [0.2, 0.25) is 0 Å². The molecule has 0 aliphatic heterocycles. The van der Waals surface area contributed by atoms with Gasteiger partial charge < -0.3 is 9.84 Å². The van der Waals surface area contributed by atoms with Crippen molar-refractivity contribution in [2.24, 2.45) is 17.3 Å². The molecule has 124 valence electrons. The molecule has 1 aromatic rings. The van der Waals surface area contributed by atoms with Crippen LogP contribution in [0, 0.1) is 31.1 Å². The smallest absolute Gasteiger partial charge is 0.312 e. The number of ether oxygens (including phenoxy) is 1. The molecule has 0 amide bonds. The van der Waals surface area contributed by atoms with E-state index in [-0.39, 0.29) is 5.97 Å². The fourth-order valence-electron chi connectivity index (χ4n) is 5.71. The highest BCUT2D eigenvalue weighted by Gasteiger charge is 2.60. The van der Waals surface area contributed by atoms with Crippen LogP contribution in [0.5, 0.6) is 0 Å². The maximum Gasteiger partial charge on any atom is 0.312 e. The normalized spacial score (nSPS) is 37.9. The number of benzene rings is 1. The molecule has 4 fully saturated rings. The van der Waals surface area contributed by atoms with Gasteiger partial charge in [-0.3, -0.25) is 4.79 Å². The van der Waals surface area contributed by atoms with Crippen LogP contribution in [0.2, 0.25) is 0 Å². The number of aryl methyl sites for hydroxylation is 2. The van der Waals surface area contributed by atoms with E-state index >= 15 is 0 Å². The second-order valence-corrected chi connectivity index (χ2v) is 8.47. The molecule has 1 aromatic carbocycles. The number of esters is 1. The lowest BCUT2D eigenvalue weighted by atomic mass is 9.48. The van der Waals surface area contributed by atoms with E-state index in [1.165, 1.54) is 12.0 Å². The Morgan fingerprint density at radius 2 is 1.91 bits per heavy atom. The van der Waals surface area contributed by atoms with Crippen molar-refractivity contribution in [2.45, 2.75) is 64.6 Å². The van der Waals surface area contributed by atoms with Gasteiger partial charge >= 0.3 is 5.97 Å². The second kappa shape index (κ2) is 5.07. The second-order valence-electron chi connectivity index (χ2n) is 8.47. The Morgan fingerprint density at radius 1 is 1.22 bits per heavy atom. The summed E-state index contributed by atoms with van der Waals surface area (Å²) >= 11 is 0. The average molecular weight is 314 g/mol. The zero-order valence-electron chi connectivity index (χ0n) is 14.1. The third-order valence-electron chi connectivity index (χ3n) is 6.33. The minimum absolute atomic E-state index is 0.0778. The van der Waals surface area contributed by atoms with E-state index < -0.39 is 11.0 Å². The quantitative estimate of drug-likeness (QED) is 0.866. The molecular formula is C20H26O3. The van der Waals surface area contributed by atoms with Gasteiger partial charge in [0.15, 0.2) is 0 Å². The highest BCUT2D eigenvalue weighted by atomic mass is 16.5. The van der Waals surface area contributed by atoms with E-state index in [9.17, 15) is 9.90 Å². The van der Waals surface area contributed by atoms with E-state index in [4.69, 9.17) is 4.74 Å². The topological polar surface area (TPSA) is 46.5 Å². The first-order chi connectivity index (χ1) is 10.9. The van der Waals surface area contributed by atoms with Crippen molar-refractivity contribution >= 4 is 5.97 Å². The van der Waals surface area contributed by atoms with E-state index in [2.05, 4.69) is 32.0 Å². The monoisotopic (exact) mass is 314 g/mol. The molecule has 0 heterocycles. The van der Waals surface area contributed by atoms with Crippen LogP contribution in [0.1, 0.15) is 55.2 Å². The first kappa shape index (κ1) is 15.2. The molecule has 1 N–H and O–H groups in total. The number of rotatable bonds is 3. The van der Waals surface area contributed by atoms with Gasteiger partial charge in [-0.15, -0.1) is 0 Å². The highest BCUT2D eigenvalue weighted by Crippen LogP contribution is 2.62. The molecule has 23 heavy (non-hydrogen) atoms. The Balaban J connectivity index is 1.50. The lowest BCUT2D eigenvalue weighted by Gasteiger charge is -2.58. The number of carbonyl (C=O) groups excluding carboxylic acids is 1. The van der Waals surface area contributed by atoms with Crippen LogP contribution < -0.4 is 0 Å². The molecule has 0 saturated heterocycles. The van der Waals surface area contributed by atoms with Crippen LogP contribution >= 0.6 is 0 Å². The first-order valence-corrected chi connectivity index (χ1v) is 8.83. The first-order valence-electron chi connectivity index (χ1n) is 8.83. The zero-order chi connectivity index (χ0) is 16.2. The molecule has 3 nitrogen and oxygen atoms in total. The molecule has 4 aliphatic rings. The van der Waals surface area contributed by atoms with E-state index in [0.717, 1.165) is 36.8 Å². The van der Waals surface area contributed by atoms with Gasteiger partial charge in [0.05, 0.1) is 11.0 Å². The Kier molecular flexibility index (Phi) is 3.35. The molecule has 3 heteroatoms. The highest BCUT2D eigenvalue weighted by molar-refractivity contribution is 5.77. The number of hydrogen-bond acceptors (Lipinski definition) is 3. The van der Waals surface area contributed by atoms with Crippen LogP contribution in [-0.4, -0.2) is 16.7 Å². The van der Waals surface area contributed by atoms with Gasteiger partial charge in [-0.2, -0.15) is 0 Å². The van der Waals surface area contributed by atoms with Gasteiger partial charge in [-0.25, -0.2) is 0 Å². The molecule has 4 aliphatic carbocycles. The van der Waals surface area contributed by atoms with Gasteiger partial charge in [0.1, 0.15) is 6.61 Å². The Hall–Kier alpha value is -1.35. The van der Waals surface area contributed by atoms with E-state index in [0.29, 0.717) is 24.9 Å². The molecule has 4 saturated carbocycles. The molecule has 0 radical (unpaired) electrons. The molecule has 0 aromatic heterocycles. The summed E-state index contributed by atoms with van der Waals surface area (Å²) in [6.07, 6.45) is 5.40. The molecule has 5 rings (SSSR count). The predicted octanol–water partition coefficient (Wildman–Crippen LogP) is 3.68. The minimum atomic E-state index is -0.609. The molecule has 4 atom stereocenters. The van der Waals surface area contributed by atoms with Crippen LogP contribution in [0.15, 0.2) is 18.2 Å². The molecule has 0 spiro atoms. The van der Waals surface area contributed by atoms with Crippen LogP contribution in [0.3, 0.4) is 0 Å². The summed E-state index contributed by atoms with van der Waals surface area (Å²) < 4.78 is 5.74. The summed E-state index contributed by atoms with van der Waals surface area (Å²) in [5, 5.41) is 10.8. The van der Waals surface area contributed by atoms with E-state index in [1.54, 1.807) is 0 Å². The minimum Gasteiger partial charge on any atom is -0.460 e. The lowest BCUT2D eigenvalue weighted by molar-refractivity contribution is -0.197. The fourth-order valence-corrected chi connectivity index (χ4v) is 5.71. The number of aliphatic hydroxyl groups is 1. The Morgan fingerprint density at radius 3 is 2.57 bits per heavy atom. The maximum atomic E-state index is 12.9. The zero-order valence-corrected chi connectivity index (χ0v) is 14.1. The third kappa shape index (κ3) is 2.59. The Labute approximate surface area is 138 Å². The predicted molar refractivity (Wildman–Crippen MR) is 87.8 cm³/mol. The fraction of sp³-hybridized carbons (Fsp3) is 0.650. The Bertz CT molecular complexity index is 634. The SMILES string of the molecule is Cc1ccc(C)c(COC(=O)C23C[C@@H]4C[C@@H](CC(O)(C4)C2)C3)c1. The van der Waals surface area contributed by atoms with Gasteiger partial charge in [-0.1, -0.05) is 23.8 Å². The summed E-state index contributed by atoms with van der Waals surface area (Å²) in [5.41, 5.74) is 2.40. The number of carbonyl (C=O) groups is 1. The van der Waals surface area contributed by atoms with Crippen molar-refractivity contribution in [1.82, 2.24) is 0 Å². The van der Waals surface area contributed by atoms with Crippen LogP contribution in [0.25, 0.3) is 0 Å². The van der Waals surface area contributed by atoms with Gasteiger partial charge in [0, 0.05) is 0 Å². The maximum absolute atomic E-state index is 12.9. The van der Waals surface area contributed by atoms with Crippen LogP contribution in [-0.2, 0) is 16.1 Å². The summed E-state index contributed by atoms with van der Waals surface area (Å²) in [4.78, 5) is 12.9. The van der Waals surface area contributed by atoms with Crippen molar-refractivity contribution in [2.75, 3.05) is 0 Å². The van der Waals surface area contributed by atoms with Crippen molar-refractivity contribution in [3.05, 3.63) is 34.9 Å². The lowest BCUT2D eigenvalue weighted by Crippen LogP contribution is -2.58. The van der Waals surface area contributed by atoms with Gasteiger partial charge in [-0.05, 0) is 75.3 Å². The van der Waals surface area contributed by atoms with E-state index in [1.807, 2.05) is 0 Å². The van der Waals surface area contributed by atoms with Crippen molar-refractivity contribution in [3.63, 3.8) is 0 Å². The van der Waals surface area contributed by atoms with Crippen LogP contribution in [0.4, 0.5) is 0 Å². The molecule has 2 unspecified atom stereocenters. The average Bonchev–Trinajstić information content (AvgIpc) is 2.45. The standard InChI is InChI=1S/C20H26O3/c1-13-3-4-14(2)17(5-13)11-23-18(21)19-7-15-6-16(8-19)10-20(22,9-15)12-19/h3-5,15-16,22H,6-12H2,1-2H3/t15-,16+,19?,20?. The summed E-state index contributed by atoms with van der Waals surface area (Å²) in [5.74, 6) is 0.940. The number of hydrogen-bond donors (Lipinski definition) is 1. The largest absolute Gasteiger partial charge is 0.460 e. The van der Waals surface area contributed by atoms with Crippen molar-refractivity contribution in [1.29, 1.82) is 0 Å². The van der Waals surface area contributed by atoms with Crippen molar-refractivity contribution in [3.8, 4) is 0 Å². The van der Waals surface area contributed by atoms with Gasteiger partial charge in [0.25, 0.3) is 0 Å². The third-order valence-corrected chi connectivity index (χ3v) is 6.33. The molecular weight excluding hydrogens is 288 g/mol. The molecule has 4 bridgehead atoms. The summed E-state index contributed by atoms with van der Waals surface area (Å²) in [6, 6.07) is 6.25. The summed E-state index contributed by atoms with van der Waals surface area (Å²) in [7, 11) is 0.